The van der Waals surface area contributed by atoms with E-state index in [9.17, 15) is 9.90 Å². The topological polar surface area (TPSA) is 37.3 Å². The Kier molecular flexibility index (Phi) is 4.36. The monoisotopic (exact) mass is 250 g/mol. The Balaban J connectivity index is 2.12. The Labute approximate surface area is 112 Å². The highest BCUT2D eigenvalue weighted by molar-refractivity contribution is 5.76. The Morgan fingerprint density at radius 1 is 1.00 bits per heavy atom. The van der Waals surface area contributed by atoms with E-state index >= 15 is 0 Å². The first-order chi connectivity index (χ1) is 9.27. The van der Waals surface area contributed by atoms with Crippen LogP contribution in [0.2, 0.25) is 0 Å². The average Bonchev–Trinajstić information content (AvgIpc) is 2.45. The van der Waals surface area contributed by atoms with E-state index < -0.39 is 11.9 Å². The molecule has 0 amide bonds. The van der Waals surface area contributed by atoms with Crippen molar-refractivity contribution in [1.82, 2.24) is 0 Å². The second-order valence-electron chi connectivity index (χ2n) is 4.17. The summed E-state index contributed by atoms with van der Waals surface area (Å²) in [7, 11) is 0. The summed E-state index contributed by atoms with van der Waals surface area (Å²) < 4.78 is 0. The molecule has 1 atom stereocenters. The zero-order valence-electron chi connectivity index (χ0n) is 10.4. The number of carboxylic acid groups (broad SMARTS) is 1. The summed E-state index contributed by atoms with van der Waals surface area (Å²) >= 11 is 0. The van der Waals surface area contributed by atoms with Gasteiger partial charge >= 0.3 is 5.97 Å². The number of hydrogen-bond donors (Lipinski definition) is 1. The predicted octanol–water partition coefficient (Wildman–Crippen LogP) is 3.30. The van der Waals surface area contributed by atoms with Crippen molar-refractivity contribution < 1.29 is 9.90 Å². The molecule has 2 rings (SSSR count). The molecule has 0 heterocycles. The summed E-state index contributed by atoms with van der Waals surface area (Å²) in [5, 5.41) is 9.26. The molecule has 0 saturated heterocycles. The van der Waals surface area contributed by atoms with E-state index in [1.165, 1.54) is 0 Å². The molecule has 0 aliphatic heterocycles. The van der Waals surface area contributed by atoms with Crippen LogP contribution >= 0.6 is 0 Å². The Hall–Kier alpha value is -2.53. The summed E-state index contributed by atoms with van der Waals surface area (Å²) in [5.74, 6) is 4.53. The number of rotatable bonds is 3. The molecule has 1 unspecified atom stereocenters. The first kappa shape index (κ1) is 12.9. The van der Waals surface area contributed by atoms with Crippen molar-refractivity contribution in [3.8, 4) is 11.8 Å². The van der Waals surface area contributed by atoms with E-state index in [0.29, 0.717) is 6.42 Å². The highest BCUT2D eigenvalue weighted by Gasteiger charge is 2.17. The fourth-order valence-corrected chi connectivity index (χ4v) is 1.81. The number of carbonyl (C=O) groups is 1. The fourth-order valence-electron chi connectivity index (χ4n) is 1.81. The minimum atomic E-state index is -0.839. The van der Waals surface area contributed by atoms with Crippen LogP contribution in [-0.2, 0) is 4.79 Å². The van der Waals surface area contributed by atoms with Crippen molar-refractivity contribution in [1.29, 1.82) is 0 Å². The van der Waals surface area contributed by atoms with Crippen LogP contribution in [0.1, 0.15) is 23.5 Å². The largest absolute Gasteiger partial charge is 0.481 e. The van der Waals surface area contributed by atoms with Crippen molar-refractivity contribution >= 4 is 5.97 Å². The molecular formula is C17H14O2. The Morgan fingerprint density at radius 3 is 2.16 bits per heavy atom. The van der Waals surface area contributed by atoms with Crippen LogP contribution in [0, 0.1) is 11.8 Å². The Morgan fingerprint density at radius 2 is 1.58 bits per heavy atom. The van der Waals surface area contributed by atoms with E-state index in [2.05, 4.69) is 11.8 Å². The van der Waals surface area contributed by atoms with Crippen molar-refractivity contribution in [3.63, 3.8) is 0 Å². The van der Waals surface area contributed by atoms with Gasteiger partial charge < -0.3 is 5.11 Å². The van der Waals surface area contributed by atoms with Crippen LogP contribution in [0.15, 0.2) is 60.7 Å². The second kappa shape index (κ2) is 6.42. The number of aliphatic carboxylic acids is 1. The van der Waals surface area contributed by atoms with E-state index in [1.807, 2.05) is 60.7 Å². The molecule has 0 aromatic heterocycles. The number of carboxylic acids is 1. The van der Waals surface area contributed by atoms with Gasteiger partial charge in [-0.25, -0.2) is 0 Å². The van der Waals surface area contributed by atoms with Gasteiger partial charge in [0.2, 0.25) is 0 Å². The van der Waals surface area contributed by atoms with Crippen molar-refractivity contribution in [2.24, 2.45) is 0 Å². The van der Waals surface area contributed by atoms with Gasteiger partial charge in [-0.15, -0.1) is 0 Å². The van der Waals surface area contributed by atoms with Gasteiger partial charge in [0.1, 0.15) is 0 Å². The summed E-state index contributed by atoms with van der Waals surface area (Å²) in [4.78, 5) is 11.3. The molecule has 2 aromatic rings. The minimum Gasteiger partial charge on any atom is -0.481 e. The first-order valence-corrected chi connectivity index (χ1v) is 6.09. The van der Waals surface area contributed by atoms with Gasteiger partial charge in [0.05, 0.1) is 5.92 Å². The lowest BCUT2D eigenvalue weighted by Gasteiger charge is -2.08. The van der Waals surface area contributed by atoms with E-state index in [1.54, 1.807) is 0 Å². The molecule has 1 N–H and O–H groups in total. The molecular weight excluding hydrogens is 236 g/mol. The van der Waals surface area contributed by atoms with Crippen LogP contribution < -0.4 is 0 Å². The third-order valence-corrected chi connectivity index (χ3v) is 2.81. The minimum absolute atomic E-state index is 0.314. The number of benzene rings is 2. The summed E-state index contributed by atoms with van der Waals surface area (Å²) in [5.41, 5.74) is 1.69. The molecule has 0 spiro atoms. The van der Waals surface area contributed by atoms with Crippen LogP contribution in [0.25, 0.3) is 0 Å². The maximum Gasteiger partial charge on any atom is 0.311 e. The van der Waals surface area contributed by atoms with Gasteiger partial charge in [-0.2, -0.15) is 0 Å². The van der Waals surface area contributed by atoms with Crippen LogP contribution in [0.3, 0.4) is 0 Å². The van der Waals surface area contributed by atoms with E-state index in [-0.39, 0.29) is 0 Å². The maximum absolute atomic E-state index is 11.3. The zero-order chi connectivity index (χ0) is 13.5. The second-order valence-corrected chi connectivity index (χ2v) is 4.17. The summed E-state index contributed by atoms with van der Waals surface area (Å²) in [6, 6.07) is 18.8. The van der Waals surface area contributed by atoms with Crippen LogP contribution in [0.4, 0.5) is 0 Å². The molecule has 0 fully saturated rings. The molecule has 2 aromatic carbocycles. The van der Waals surface area contributed by atoms with Crippen molar-refractivity contribution in [2.45, 2.75) is 12.3 Å². The normalized spacial score (nSPS) is 11.2. The molecule has 2 heteroatoms. The zero-order valence-corrected chi connectivity index (χ0v) is 10.4. The van der Waals surface area contributed by atoms with Gasteiger partial charge in [-0.1, -0.05) is 60.4 Å². The van der Waals surface area contributed by atoms with E-state index in [0.717, 1.165) is 11.1 Å². The van der Waals surface area contributed by atoms with Gasteiger partial charge in [-0.3, -0.25) is 4.79 Å². The van der Waals surface area contributed by atoms with Gasteiger partial charge in [0.25, 0.3) is 0 Å². The molecule has 0 aliphatic rings. The van der Waals surface area contributed by atoms with Crippen LogP contribution in [0.5, 0.6) is 0 Å². The molecule has 94 valence electrons. The number of hydrogen-bond acceptors (Lipinski definition) is 1. The smallest absolute Gasteiger partial charge is 0.311 e. The highest BCUT2D eigenvalue weighted by Crippen LogP contribution is 2.19. The SMILES string of the molecule is O=C(O)C(CC#Cc1ccccc1)c1ccccc1. The van der Waals surface area contributed by atoms with Crippen molar-refractivity contribution in [2.75, 3.05) is 0 Å². The lowest BCUT2D eigenvalue weighted by atomic mass is 9.96. The third kappa shape index (κ3) is 3.72. The third-order valence-electron chi connectivity index (χ3n) is 2.81. The predicted molar refractivity (Wildman–Crippen MR) is 74.8 cm³/mol. The molecule has 0 aliphatic carbocycles. The average molecular weight is 250 g/mol. The van der Waals surface area contributed by atoms with Gasteiger partial charge in [0.15, 0.2) is 0 Å². The lowest BCUT2D eigenvalue weighted by molar-refractivity contribution is -0.138. The summed E-state index contributed by atoms with van der Waals surface area (Å²) in [6.07, 6.45) is 0.314. The standard InChI is InChI=1S/C17H14O2/c18-17(19)16(15-11-5-2-6-12-15)13-7-10-14-8-3-1-4-9-14/h1-6,8-9,11-12,16H,13H2,(H,18,19). The summed E-state index contributed by atoms with van der Waals surface area (Å²) in [6.45, 7) is 0. The molecule has 0 radical (unpaired) electrons. The van der Waals surface area contributed by atoms with Gasteiger partial charge in [0, 0.05) is 12.0 Å². The van der Waals surface area contributed by atoms with Gasteiger partial charge in [-0.05, 0) is 17.7 Å². The molecule has 0 bridgehead atoms. The maximum atomic E-state index is 11.3. The first-order valence-electron chi connectivity index (χ1n) is 6.09. The van der Waals surface area contributed by atoms with Crippen LogP contribution in [-0.4, -0.2) is 11.1 Å². The molecule has 19 heavy (non-hydrogen) atoms. The lowest BCUT2D eigenvalue weighted by Crippen LogP contribution is -2.10. The quantitative estimate of drug-likeness (QED) is 0.849. The highest BCUT2D eigenvalue weighted by atomic mass is 16.4. The fraction of sp³-hybridized carbons (Fsp3) is 0.118. The molecule has 0 saturated carbocycles. The van der Waals surface area contributed by atoms with E-state index in [4.69, 9.17) is 0 Å². The molecule has 2 nitrogen and oxygen atoms in total. The van der Waals surface area contributed by atoms with Crippen molar-refractivity contribution in [3.05, 3.63) is 71.8 Å². The Bertz CT molecular complexity index is 591.